The quantitative estimate of drug-likeness (QED) is 0.593. The molecule has 2 N–H and O–H groups in total. The molecular weight excluding hydrogens is 344 g/mol. The first kappa shape index (κ1) is 18.2. The maximum Gasteiger partial charge on any atom is 0.226 e. The van der Waals surface area contributed by atoms with E-state index in [1.165, 1.54) is 5.56 Å². The summed E-state index contributed by atoms with van der Waals surface area (Å²) in [5.74, 6) is 0.654. The molecule has 0 heterocycles. The second-order valence-electron chi connectivity index (χ2n) is 5.28. The third-order valence-corrected chi connectivity index (χ3v) is 3.61. The number of halogens is 1. The topological polar surface area (TPSA) is 50.4 Å². The van der Waals surface area contributed by atoms with Crippen molar-refractivity contribution in [3.63, 3.8) is 0 Å². The van der Waals surface area contributed by atoms with Crippen molar-refractivity contribution in [1.82, 2.24) is 5.32 Å². The molecule has 0 radical (unpaired) electrons. The summed E-state index contributed by atoms with van der Waals surface area (Å²) in [6.45, 7) is 2.50. The van der Waals surface area contributed by atoms with Gasteiger partial charge in [-0.25, -0.2) is 0 Å². The Morgan fingerprint density at radius 1 is 1.21 bits per heavy atom. The van der Waals surface area contributed by atoms with Crippen molar-refractivity contribution in [1.29, 1.82) is 0 Å². The fourth-order valence-electron chi connectivity index (χ4n) is 1.97. The molecule has 0 saturated carbocycles. The maximum absolute atomic E-state index is 11.8. The number of hydrogen-bond donors (Lipinski definition) is 2. The summed E-state index contributed by atoms with van der Waals surface area (Å²) >= 11 is 11.0. The average Bonchev–Trinajstić information content (AvgIpc) is 2.53. The van der Waals surface area contributed by atoms with Crippen molar-refractivity contribution in [2.45, 2.75) is 19.8 Å². The van der Waals surface area contributed by atoms with Crippen molar-refractivity contribution >= 4 is 40.5 Å². The van der Waals surface area contributed by atoms with Crippen LogP contribution in [0.5, 0.6) is 5.75 Å². The van der Waals surface area contributed by atoms with Crippen molar-refractivity contribution in [3.05, 3.63) is 59.1 Å². The first-order valence-corrected chi connectivity index (χ1v) is 8.37. The Labute approximate surface area is 152 Å². The van der Waals surface area contributed by atoms with Crippen LogP contribution in [0.3, 0.4) is 0 Å². The summed E-state index contributed by atoms with van der Waals surface area (Å²) in [6.07, 6.45) is 0.947. The summed E-state index contributed by atoms with van der Waals surface area (Å²) < 4.78 is 5.58. The van der Waals surface area contributed by atoms with E-state index < -0.39 is 0 Å². The highest BCUT2D eigenvalue weighted by atomic mass is 35.5. The van der Waals surface area contributed by atoms with E-state index in [-0.39, 0.29) is 11.0 Å². The van der Waals surface area contributed by atoms with Crippen molar-refractivity contribution in [3.8, 4) is 5.75 Å². The summed E-state index contributed by atoms with van der Waals surface area (Å²) in [5.41, 5.74) is 1.91. The number of carbonyl (C=O) groups excluding carboxylic acids is 1. The number of anilines is 1. The zero-order valence-electron chi connectivity index (χ0n) is 13.3. The fourth-order valence-corrected chi connectivity index (χ4v) is 2.40. The third kappa shape index (κ3) is 6.56. The van der Waals surface area contributed by atoms with Gasteiger partial charge in [-0.1, -0.05) is 35.4 Å². The molecule has 2 aromatic carbocycles. The minimum atomic E-state index is -0.151. The van der Waals surface area contributed by atoms with Gasteiger partial charge >= 0.3 is 0 Å². The Morgan fingerprint density at radius 2 is 1.96 bits per heavy atom. The van der Waals surface area contributed by atoms with Crippen molar-refractivity contribution in [2.24, 2.45) is 0 Å². The monoisotopic (exact) mass is 362 g/mol. The Balaban J connectivity index is 1.65. The lowest BCUT2D eigenvalue weighted by atomic mass is 10.2. The van der Waals surface area contributed by atoms with Gasteiger partial charge in [0, 0.05) is 17.1 Å². The van der Waals surface area contributed by atoms with Gasteiger partial charge in [-0.3, -0.25) is 4.79 Å². The van der Waals surface area contributed by atoms with Crippen LogP contribution in [0.4, 0.5) is 5.69 Å². The molecule has 4 nitrogen and oxygen atoms in total. The van der Waals surface area contributed by atoms with Gasteiger partial charge in [-0.05, 0) is 55.9 Å². The molecule has 126 valence electrons. The predicted octanol–water partition coefficient (Wildman–Crippen LogP) is 4.32. The minimum absolute atomic E-state index is 0.151. The lowest BCUT2D eigenvalue weighted by Crippen LogP contribution is -2.34. The van der Waals surface area contributed by atoms with Crippen LogP contribution in [0.2, 0.25) is 5.02 Å². The number of thiocarbonyl (C=S) groups is 1. The number of nitrogens with one attached hydrogen (secondary N) is 2. The average molecular weight is 363 g/mol. The second kappa shape index (κ2) is 9.25. The van der Waals surface area contributed by atoms with Crippen LogP contribution in [-0.2, 0) is 4.79 Å². The lowest BCUT2D eigenvalue weighted by molar-refractivity contribution is -0.119. The molecule has 24 heavy (non-hydrogen) atoms. The summed E-state index contributed by atoms with van der Waals surface area (Å²) in [6, 6.07) is 14.9. The number of hydrogen-bond acceptors (Lipinski definition) is 3. The van der Waals surface area contributed by atoms with Gasteiger partial charge in [0.1, 0.15) is 5.75 Å². The molecule has 1 amide bonds. The fraction of sp³-hybridized carbons (Fsp3) is 0.222. The van der Waals surface area contributed by atoms with Crippen LogP contribution in [0.15, 0.2) is 48.5 Å². The Bertz CT molecular complexity index is 704. The van der Waals surface area contributed by atoms with Gasteiger partial charge in [0.15, 0.2) is 5.11 Å². The number of aryl methyl sites for hydroxylation is 1. The number of carbonyl (C=O) groups is 1. The lowest BCUT2D eigenvalue weighted by Gasteiger charge is -2.10. The number of amides is 1. The largest absolute Gasteiger partial charge is 0.494 e. The SMILES string of the molecule is Cc1ccc(OCCCC(=O)NC(=S)Nc2cccc(Cl)c2)cc1. The molecule has 2 rings (SSSR count). The molecule has 6 heteroatoms. The smallest absolute Gasteiger partial charge is 0.226 e. The summed E-state index contributed by atoms with van der Waals surface area (Å²) in [7, 11) is 0. The minimum Gasteiger partial charge on any atom is -0.494 e. The van der Waals surface area contributed by atoms with E-state index in [2.05, 4.69) is 10.6 Å². The number of benzene rings is 2. The van der Waals surface area contributed by atoms with E-state index in [4.69, 9.17) is 28.6 Å². The van der Waals surface area contributed by atoms with Gasteiger partial charge in [0.05, 0.1) is 6.61 Å². The van der Waals surface area contributed by atoms with Gasteiger partial charge < -0.3 is 15.4 Å². The standard InChI is InChI=1S/C18H19ClN2O2S/c1-13-7-9-16(10-8-13)23-11-3-6-17(22)21-18(24)20-15-5-2-4-14(19)12-15/h2,4-5,7-10,12H,3,6,11H2,1H3,(H2,20,21,22,24). The van der Waals surface area contributed by atoms with E-state index >= 15 is 0 Å². The van der Waals surface area contributed by atoms with Crippen LogP contribution in [0.25, 0.3) is 0 Å². The van der Waals surface area contributed by atoms with Crippen LogP contribution >= 0.6 is 23.8 Å². The molecule has 2 aromatic rings. The van der Waals surface area contributed by atoms with Gasteiger partial charge in [0.2, 0.25) is 5.91 Å². The molecule has 0 aliphatic carbocycles. The zero-order chi connectivity index (χ0) is 17.4. The normalized spacial score (nSPS) is 10.1. The Hall–Kier alpha value is -2.11. The Kier molecular flexibility index (Phi) is 7.03. The highest BCUT2D eigenvalue weighted by Crippen LogP contribution is 2.14. The van der Waals surface area contributed by atoms with E-state index in [9.17, 15) is 4.79 Å². The number of rotatable bonds is 6. The molecule has 0 unspecified atom stereocenters. The second-order valence-corrected chi connectivity index (χ2v) is 6.12. The third-order valence-electron chi connectivity index (χ3n) is 3.17. The molecule has 0 aromatic heterocycles. The number of ether oxygens (including phenoxy) is 1. The van der Waals surface area contributed by atoms with Crippen LogP contribution in [0.1, 0.15) is 18.4 Å². The van der Waals surface area contributed by atoms with E-state index in [1.807, 2.05) is 37.3 Å². The van der Waals surface area contributed by atoms with Crippen molar-refractivity contribution in [2.75, 3.05) is 11.9 Å². The van der Waals surface area contributed by atoms with Gasteiger partial charge in [-0.2, -0.15) is 0 Å². The molecule has 0 fully saturated rings. The molecule has 0 atom stereocenters. The highest BCUT2D eigenvalue weighted by Gasteiger charge is 2.05. The zero-order valence-corrected chi connectivity index (χ0v) is 14.9. The summed E-state index contributed by atoms with van der Waals surface area (Å²) in [5, 5.41) is 6.41. The first-order chi connectivity index (χ1) is 11.5. The molecule has 0 spiro atoms. The van der Waals surface area contributed by atoms with E-state index in [0.29, 0.717) is 24.5 Å². The van der Waals surface area contributed by atoms with Gasteiger partial charge in [-0.15, -0.1) is 0 Å². The predicted molar refractivity (Wildman–Crippen MR) is 102 cm³/mol. The van der Waals surface area contributed by atoms with Crippen LogP contribution < -0.4 is 15.4 Å². The van der Waals surface area contributed by atoms with E-state index in [0.717, 1.165) is 11.4 Å². The molecular formula is C18H19ClN2O2S. The summed E-state index contributed by atoms with van der Waals surface area (Å²) in [4.78, 5) is 11.8. The maximum atomic E-state index is 11.8. The molecule has 0 aliphatic rings. The first-order valence-electron chi connectivity index (χ1n) is 7.59. The Morgan fingerprint density at radius 3 is 2.67 bits per heavy atom. The molecule has 0 bridgehead atoms. The van der Waals surface area contributed by atoms with Gasteiger partial charge in [0.25, 0.3) is 0 Å². The van der Waals surface area contributed by atoms with Crippen molar-refractivity contribution < 1.29 is 9.53 Å². The molecule has 0 saturated heterocycles. The molecule has 0 aliphatic heterocycles. The van der Waals surface area contributed by atoms with Crippen LogP contribution in [-0.4, -0.2) is 17.6 Å². The van der Waals surface area contributed by atoms with E-state index in [1.54, 1.807) is 18.2 Å². The highest BCUT2D eigenvalue weighted by molar-refractivity contribution is 7.80. The van der Waals surface area contributed by atoms with Crippen LogP contribution in [0, 0.1) is 6.92 Å².